The predicted octanol–water partition coefficient (Wildman–Crippen LogP) is 3.93. The molecule has 1 aromatic carbocycles. The predicted molar refractivity (Wildman–Crippen MR) is 121 cm³/mol. The minimum Gasteiger partial charge on any atom is -0.486 e. The summed E-state index contributed by atoms with van der Waals surface area (Å²) in [6.07, 6.45) is 1.73. The second-order valence-corrected chi connectivity index (χ2v) is 8.53. The summed E-state index contributed by atoms with van der Waals surface area (Å²) in [6, 6.07) is 11.1. The summed E-state index contributed by atoms with van der Waals surface area (Å²) in [5.74, 6) is 0.727. The van der Waals surface area contributed by atoms with E-state index >= 15 is 0 Å². The lowest BCUT2D eigenvalue weighted by atomic mass is 10.3. The summed E-state index contributed by atoms with van der Waals surface area (Å²) in [5, 5.41) is 12.2. The van der Waals surface area contributed by atoms with Crippen LogP contribution >= 0.6 is 23.1 Å². The number of allylic oxidation sites excluding steroid dienone is 1. The van der Waals surface area contributed by atoms with Crippen molar-refractivity contribution in [3.8, 4) is 5.75 Å². The number of rotatable bonds is 10. The number of hydrogen-bond donors (Lipinski definition) is 1. The van der Waals surface area contributed by atoms with E-state index in [1.807, 2.05) is 41.8 Å². The molecule has 10 heteroatoms. The van der Waals surface area contributed by atoms with E-state index < -0.39 is 5.97 Å². The van der Waals surface area contributed by atoms with Gasteiger partial charge in [0, 0.05) is 11.4 Å². The molecule has 0 aliphatic heterocycles. The molecule has 3 rings (SSSR count). The van der Waals surface area contributed by atoms with Gasteiger partial charge in [-0.1, -0.05) is 36.0 Å². The number of ether oxygens (including phenoxy) is 2. The van der Waals surface area contributed by atoms with Crippen LogP contribution in [0.3, 0.4) is 0 Å². The average Bonchev–Trinajstić information content (AvgIpc) is 3.33. The quantitative estimate of drug-likeness (QED) is 0.279. The Morgan fingerprint density at radius 1 is 1.29 bits per heavy atom. The molecule has 0 aliphatic rings. The van der Waals surface area contributed by atoms with Gasteiger partial charge >= 0.3 is 5.97 Å². The van der Waals surface area contributed by atoms with Crippen LogP contribution in [-0.2, 0) is 22.7 Å². The van der Waals surface area contributed by atoms with Crippen LogP contribution in [0.4, 0.5) is 5.00 Å². The van der Waals surface area contributed by atoms with Crippen LogP contribution in [0.25, 0.3) is 0 Å². The number of amides is 1. The maximum absolute atomic E-state index is 12.5. The Hall–Kier alpha value is -3.11. The number of aryl methyl sites for hydroxylation is 1. The van der Waals surface area contributed by atoms with Crippen molar-refractivity contribution in [1.29, 1.82) is 0 Å². The van der Waals surface area contributed by atoms with E-state index in [2.05, 4.69) is 22.1 Å². The molecule has 0 radical (unpaired) electrons. The molecule has 0 atom stereocenters. The third kappa shape index (κ3) is 5.96. The van der Waals surface area contributed by atoms with E-state index in [0.29, 0.717) is 28.1 Å². The lowest BCUT2D eigenvalue weighted by Gasteiger charge is -2.09. The number of nitrogens with zero attached hydrogens (tertiary/aromatic N) is 3. The SMILES string of the molecule is C=CCn1c(COc2ccccc2)nnc1SCC(=O)Nc1sc(C)cc1C(=O)OC. The van der Waals surface area contributed by atoms with Crippen LogP contribution in [0, 0.1) is 6.92 Å². The molecule has 2 heterocycles. The highest BCUT2D eigenvalue weighted by Crippen LogP contribution is 2.28. The van der Waals surface area contributed by atoms with Crippen molar-refractivity contribution in [2.75, 3.05) is 18.2 Å². The molecule has 0 spiro atoms. The zero-order valence-corrected chi connectivity index (χ0v) is 18.8. The van der Waals surface area contributed by atoms with E-state index in [1.165, 1.54) is 30.2 Å². The molecule has 0 saturated heterocycles. The van der Waals surface area contributed by atoms with Gasteiger partial charge in [0.2, 0.25) is 5.91 Å². The first kappa shape index (κ1) is 22.6. The third-order valence-corrected chi connectivity index (χ3v) is 5.99. The monoisotopic (exact) mass is 458 g/mol. The first-order valence-electron chi connectivity index (χ1n) is 9.34. The Morgan fingerprint density at radius 3 is 2.77 bits per heavy atom. The van der Waals surface area contributed by atoms with Gasteiger partial charge in [-0.3, -0.25) is 9.36 Å². The van der Waals surface area contributed by atoms with Crippen LogP contribution in [0.5, 0.6) is 5.75 Å². The third-order valence-electron chi connectivity index (χ3n) is 4.06. The van der Waals surface area contributed by atoms with Crippen molar-refractivity contribution >= 4 is 40.0 Å². The topological polar surface area (TPSA) is 95.3 Å². The van der Waals surface area contributed by atoms with Crippen LogP contribution in [0.2, 0.25) is 0 Å². The van der Waals surface area contributed by atoms with E-state index in [1.54, 1.807) is 12.1 Å². The number of aromatic nitrogens is 3. The molecule has 0 fully saturated rings. The maximum Gasteiger partial charge on any atom is 0.340 e. The van der Waals surface area contributed by atoms with Gasteiger partial charge in [-0.15, -0.1) is 28.1 Å². The lowest BCUT2D eigenvalue weighted by Crippen LogP contribution is -2.16. The normalized spacial score (nSPS) is 10.5. The molecule has 0 aliphatic carbocycles. The zero-order chi connectivity index (χ0) is 22.2. The molecular weight excluding hydrogens is 436 g/mol. The molecule has 31 heavy (non-hydrogen) atoms. The van der Waals surface area contributed by atoms with Crippen LogP contribution in [-0.4, -0.2) is 39.5 Å². The largest absolute Gasteiger partial charge is 0.486 e. The standard InChI is InChI=1S/C21H22N4O4S2/c1-4-10-25-17(12-29-15-8-6-5-7-9-15)23-24-21(25)30-13-18(26)22-19-16(20(27)28-3)11-14(2)31-19/h4-9,11H,1,10,12-13H2,2-3H3,(H,22,26). The first-order valence-corrected chi connectivity index (χ1v) is 11.1. The van der Waals surface area contributed by atoms with E-state index in [4.69, 9.17) is 9.47 Å². The minimum absolute atomic E-state index is 0.104. The van der Waals surface area contributed by atoms with E-state index in [0.717, 1.165) is 10.6 Å². The number of thiophene rings is 1. The fraction of sp³-hybridized carbons (Fsp3) is 0.238. The van der Waals surface area contributed by atoms with Gasteiger partial charge in [-0.2, -0.15) is 0 Å². The van der Waals surface area contributed by atoms with Gasteiger partial charge in [-0.25, -0.2) is 4.79 Å². The van der Waals surface area contributed by atoms with Crippen molar-refractivity contribution in [3.63, 3.8) is 0 Å². The van der Waals surface area contributed by atoms with Crippen molar-refractivity contribution < 1.29 is 19.1 Å². The highest BCUT2D eigenvalue weighted by atomic mass is 32.2. The molecule has 1 amide bonds. The fourth-order valence-electron chi connectivity index (χ4n) is 2.67. The molecular formula is C21H22N4O4S2. The van der Waals surface area contributed by atoms with E-state index in [-0.39, 0.29) is 18.3 Å². The minimum atomic E-state index is -0.485. The lowest BCUT2D eigenvalue weighted by molar-refractivity contribution is -0.113. The number of carbonyl (C=O) groups excluding carboxylic acids is 2. The smallest absolute Gasteiger partial charge is 0.340 e. The molecule has 0 bridgehead atoms. The van der Waals surface area contributed by atoms with Crippen LogP contribution in [0.1, 0.15) is 21.1 Å². The second-order valence-electron chi connectivity index (χ2n) is 6.33. The van der Waals surface area contributed by atoms with Gasteiger partial charge < -0.3 is 14.8 Å². The number of carbonyl (C=O) groups is 2. The molecule has 1 N–H and O–H groups in total. The Morgan fingerprint density at radius 2 is 2.06 bits per heavy atom. The van der Waals surface area contributed by atoms with Crippen molar-refractivity contribution in [2.45, 2.75) is 25.2 Å². The highest BCUT2D eigenvalue weighted by Gasteiger charge is 2.19. The zero-order valence-electron chi connectivity index (χ0n) is 17.2. The molecule has 0 unspecified atom stereocenters. The molecule has 3 aromatic rings. The first-order chi connectivity index (χ1) is 15.0. The average molecular weight is 459 g/mol. The summed E-state index contributed by atoms with van der Waals surface area (Å²) in [5.41, 5.74) is 0.346. The van der Waals surface area contributed by atoms with E-state index in [9.17, 15) is 9.59 Å². The number of para-hydroxylation sites is 1. The highest BCUT2D eigenvalue weighted by molar-refractivity contribution is 7.99. The summed E-state index contributed by atoms with van der Waals surface area (Å²) in [4.78, 5) is 25.2. The number of esters is 1. The van der Waals surface area contributed by atoms with Gasteiger partial charge in [0.05, 0.1) is 18.4 Å². The van der Waals surface area contributed by atoms with Gasteiger partial charge in [-0.05, 0) is 25.1 Å². The summed E-state index contributed by atoms with van der Waals surface area (Å²) < 4.78 is 12.4. The summed E-state index contributed by atoms with van der Waals surface area (Å²) >= 11 is 2.57. The van der Waals surface area contributed by atoms with Gasteiger partial charge in [0.15, 0.2) is 11.0 Å². The number of hydrogen-bond acceptors (Lipinski definition) is 8. The number of benzene rings is 1. The number of methoxy groups -OCH3 is 1. The van der Waals surface area contributed by atoms with Gasteiger partial charge in [0.25, 0.3) is 0 Å². The number of anilines is 1. The Balaban J connectivity index is 1.63. The Kier molecular flexibility index (Phi) is 7.85. The number of thioether (sulfide) groups is 1. The molecule has 0 saturated carbocycles. The molecule has 162 valence electrons. The van der Waals surface area contributed by atoms with Crippen LogP contribution in [0.15, 0.2) is 54.2 Å². The summed E-state index contributed by atoms with van der Waals surface area (Å²) in [7, 11) is 1.31. The van der Waals surface area contributed by atoms with Crippen LogP contribution < -0.4 is 10.1 Å². The Bertz CT molecular complexity index is 1060. The van der Waals surface area contributed by atoms with Gasteiger partial charge in [0.1, 0.15) is 17.4 Å². The van der Waals surface area contributed by atoms with Crippen molar-refractivity contribution in [3.05, 3.63) is 65.3 Å². The Labute approximate surface area is 188 Å². The number of nitrogens with one attached hydrogen (secondary N) is 1. The van der Waals surface area contributed by atoms with Crippen molar-refractivity contribution in [1.82, 2.24) is 14.8 Å². The second kappa shape index (κ2) is 10.8. The fourth-order valence-corrected chi connectivity index (χ4v) is 4.35. The molecule has 8 nitrogen and oxygen atoms in total. The summed E-state index contributed by atoms with van der Waals surface area (Å²) in [6.45, 7) is 6.37. The molecule has 2 aromatic heterocycles. The maximum atomic E-state index is 12.5. The van der Waals surface area contributed by atoms with Crippen molar-refractivity contribution in [2.24, 2.45) is 0 Å².